The van der Waals surface area contributed by atoms with Crippen molar-refractivity contribution in [3.8, 4) is 0 Å². The molecule has 3 N–H and O–H groups in total. The molecule has 0 heterocycles. The third kappa shape index (κ3) is 2.63. The van der Waals surface area contributed by atoms with Crippen molar-refractivity contribution in [2.45, 2.75) is 46.6 Å². The van der Waals surface area contributed by atoms with Crippen LogP contribution in [0, 0.1) is 27.7 Å². The summed E-state index contributed by atoms with van der Waals surface area (Å²) >= 11 is 0. The van der Waals surface area contributed by atoms with Crippen molar-refractivity contribution in [1.82, 2.24) is 0 Å². The van der Waals surface area contributed by atoms with Crippen molar-refractivity contribution >= 4 is 0 Å². The van der Waals surface area contributed by atoms with E-state index in [9.17, 15) is 5.11 Å². The minimum atomic E-state index is -0.373. The summed E-state index contributed by atoms with van der Waals surface area (Å²) in [4.78, 5) is 0. The fourth-order valence-electron chi connectivity index (χ4n) is 2.20. The SMILES string of the molecule is Cc1cc(C)c(C)c(C(O)CCCN)c1C. The van der Waals surface area contributed by atoms with Crippen LogP contribution in [0.15, 0.2) is 6.07 Å². The van der Waals surface area contributed by atoms with Gasteiger partial charge in [0.15, 0.2) is 0 Å². The van der Waals surface area contributed by atoms with Crippen LogP contribution in [0.5, 0.6) is 0 Å². The molecule has 1 rings (SSSR count). The monoisotopic (exact) mass is 221 g/mol. The second-order valence-electron chi connectivity index (χ2n) is 4.62. The summed E-state index contributed by atoms with van der Waals surface area (Å²) in [6.45, 7) is 9.01. The zero-order valence-corrected chi connectivity index (χ0v) is 10.8. The van der Waals surface area contributed by atoms with Crippen molar-refractivity contribution in [3.63, 3.8) is 0 Å². The fraction of sp³-hybridized carbons (Fsp3) is 0.571. The Labute approximate surface area is 98.5 Å². The van der Waals surface area contributed by atoms with E-state index in [2.05, 4.69) is 33.8 Å². The first-order chi connectivity index (χ1) is 7.49. The van der Waals surface area contributed by atoms with Gasteiger partial charge in [-0.2, -0.15) is 0 Å². The Morgan fingerprint density at radius 3 is 2.06 bits per heavy atom. The normalized spacial score (nSPS) is 12.9. The van der Waals surface area contributed by atoms with E-state index in [1.54, 1.807) is 0 Å². The molecular weight excluding hydrogens is 198 g/mol. The third-order valence-corrected chi connectivity index (χ3v) is 3.44. The molecule has 0 fully saturated rings. The zero-order valence-electron chi connectivity index (χ0n) is 10.8. The topological polar surface area (TPSA) is 46.2 Å². The lowest BCUT2D eigenvalue weighted by Crippen LogP contribution is -2.08. The van der Waals surface area contributed by atoms with E-state index >= 15 is 0 Å². The molecule has 0 amide bonds. The Bertz CT molecular complexity index is 345. The summed E-state index contributed by atoms with van der Waals surface area (Å²) in [5.74, 6) is 0. The molecular formula is C14H23NO. The predicted octanol–water partition coefficient (Wildman–Crippen LogP) is 2.69. The molecule has 1 aromatic carbocycles. The average molecular weight is 221 g/mol. The van der Waals surface area contributed by atoms with E-state index in [4.69, 9.17) is 5.73 Å². The number of rotatable bonds is 4. The van der Waals surface area contributed by atoms with E-state index < -0.39 is 0 Å². The van der Waals surface area contributed by atoms with Crippen molar-refractivity contribution in [2.24, 2.45) is 5.73 Å². The highest BCUT2D eigenvalue weighted by atomic mass is 16.3. The van der Waals surface area contributed by atoms with Gasteiger partial charge in [-0.3, -0.25) is 0 Å². The maximum atomic E-state index is 10.2. The summed E-state index contributed by atoms with van der Waals surface area (Å²) in [5, 5.41) is 10.2. The summed E-state index contributed by atoms with van der Waals surface area (Å²) in [5.41, 5.74) is 11.5. The maximum absolute atomic E-state index is 10.2. The molecule has 0 spiro atoms. The molecule has 0 saturated carbocycles. The molecule has 2 nitrogen and oxygen atoms in total. The number of aryl methyl sites for hydroxylation is 2. The number of nitrogens with two attached hydrogens (primary N) is 1. The Balaban J connectivity index is 3.11. The molecule has 1 atom stereocenters. The third-order valence-electron chi connectivity index (χ3n) is 3.44. The average Bonchev–Trinajstić information content (AvgIpc) is 2.24. The minimum Gasteiger partial charge on any atom is -0.388 e. The van der Waals surface area contributed by atoms with Crippen molar-refractivity contribution in [2.75, 3.05) is 6.54 Å². The number of aliphatic hydroxyl groups is 1. The second-order valence-corrected chi connectivity index (χ2v) is 4.62. The Morgan fingerprint density at radius 2 is 1.62 bits per heavy atom. The van der Waals surface area contributed by atoms with Crippen molar-refractivity contribution in [3.05, 3.63) is 33.9 Å². The Morgan fingerprint density at radius 1 is 1.12 bits per heavy atom. The first-order valence-corrected chi connectivity index (χ1v) is 5.94. The quantitative estimate of drug-likeness (QED) is 0.821. The molecule has 2 heteroatoms. The highest BCUT2D eigenvalue weighted by molar-refractivity contribution is 5.45. The highest BCUT2D eigenvalue weighted by Gasteiger charge is 2.15. The van der Waals surface area contributed by atoms with Crippen LogP contribution in [0.3, 0.4) is 0 Å². The van der Waals surface area contributed by atoms with Gasteiger partial charge in [-0.25, -0.2) is 0 Å². The van der Waals surface area contributed by atoms with E-state index in [1.165, 1.54) is 22.3 Å². The highest BCUT2D eigenvalue weighted by Crippen LogP contribution is 2.29. The van der Waals surface area contributed by atoms with Gasteiger partial charge in [0.1, 0.15) is 0 Å². The number of hydrogen-bond acceptors (Lipinski definition) is 2. The standard InChI is InChI=1S/C14H23NO/c1-9-8-10(2)12(4)14(11(9)3)13(16)6-5-7-15/h8,13,16H,5-7,15H2,1-4H3. The van der Waals surface area contributed by atoms with Crippen LogP contribution in [0.1, 0.15) is 46.8 Å². The van der Waals surface area contributed by atoms with E-state index in [0.717, 1.165) is 18.4 Å². The number of benzene rings is 1. The molecule has 16 heavy (non-hydrogen) atoms. The molecule has 0 aliphatic rings. The lowest BCUT2D eigenvalue weighted by molar-refractivity contribution is 0.164. The molecule has 0 aromatic heterocycles. The van der Waals surface area contributed by atoms with Crippen molar-refractivity contribution < 1.29 is 5.11 Å². The largest absolute Gasteiger partial charge is 0.388 e. The van der Waals surface area contributed by atoms with Crippen molar-refractivity contribution in [1.29, 1.82) is 0 Å². The summed E-state index contributed by atoms with van der Waals surface area (Å²) in [7, 11) is 0. The fourth-order valence-corrected chi connectivity index (χ4v) is 2.20. The molecule has 0 radical (unpaired) electrons. The minimum absolute atomic E-state index is 0.373. The van der Waals surface area contributed by atoms with Crippen LogP contribution < -0.4 is 5.73 Å². The first-order valence-electron chi connectivity index (χ1n) is 5.94. The Kier molecular flexibility index (Phi) is 4.51. The molecule has 0 aliphatic heterocycles. The van der Waals surface area contributed by atoms with Gasteiger partial charge in [0.05, 0.1) is 6.10 Å². The van der Waals surface area contributed by atoms with Gasteiger partial charge < -0.3 is 10.8 Å². The van der Waals surface area contributed by atoms with Crippen LogP contribution in [-0.2, 0) is 0 Å². The van der Waals surface area contributed by atoms with Crippen LogP contribution in [0.2, 0.25) is 0 Å². The molecule has 90 valence electrons. The molecule has 1 unspecified atom stereocenters. The van der Waals surface area contributed by atoms with Gasteiger partial charge in [-0.15, -0.1) is 0 Å². The van der Waals surface area contributed by atoms with Crippen LogP contribution in [0.25, 0.3) is 0 Å². The second kappa shape index (κ2) is 5.46. The molecule has 1 aromatic rings. The predicted molar refractivity (Wildman–Crippen MR) is 68.6 cm³/mol. The molecule has 0 aliphatic carbocycles. The van der Waals surface area contributed by atoms with Gasteiger partial charge in [0.2, 0.25) is 0 Å². The molecule has 0 bridgehead atoms. The number of aliphatic hydroxyl groups excluding tert-OH is 1. The van der Waals surface area contributed by atoms with Crippen LogP contribution in [0.4, 0.5) is 0 Å². The van der Waals surface area contributed by atoms with E-state index in [0.29, 0.717) is 6.54 Å². The van der Waals surface area contributed by atoms with Crippen LogP contribution >= 0.6 is 0 Å². The lowest BCUT2D eigenvalue weighted by atomic mass is 9.89. The van der Waals surface area contributed by atoms with Gasteiger partial charge in [0, 0.05) is 0 Å². The number of hydrogen-bond donors (Lipinski definition) is 2. The van der Waals surface area contributed by atoms with Crippen LogP contribution in [-0.4, -0.2) is 11.7 Å². The van der Waals surface area contributed by atoms with Gasteiger partial charge in [-0.05, 0) is 74.9 Å². The lowest BCUT2D eigenvalue weighted by Gasteiger charge is -2.20. The Hall–Kier alpha value is -0.860. The summed E-state index contributed by atoms with van der Waals surface area (Å²) in [6.07, 6.45) is 1.25. The van der Waals surface area contributed by atoms with E-state index in [-0.39, 0.29) is 6.10 Å². The first kappa shape index (κ1) is 13.2. The van der Waals surface area contributed by atoms with E-state index in [1.807, 2.05) is 0 Å². The molecule has 0 saturated heterocycles. The maximum Gasteiger partial charge on any atom is 0.0795 e. The van der Waals surface area contributed by atoms with Gasteiger partial charge in [-0.1, -0.05) is 6.07 Å². The summed E-state index contributed by atoms with van der Waals surface area (Å²) < 4.78 is 0. The van der Waals surface area contributed by atoms with Gasteiger partial charge in [0.25, 0.3) is 0 Å². The van der Waals surface area contributed by atoms with Gasteiger partial charge >= 0.3 is 0 Å². The zero-order chi connectivity index (χ0) is 12.3. The smallest absolute Gasteiger partial charge is 0.0795 e. The summed E-state index contributed by atoms with van der Waals surface area (Å²) in [6, 6.07) is 2.18.